The normalized spacial score (nSPS) is 18.3. The Morgan fingerprint density at radius 1 is 1.33 bits per heavy atom. The molecule has 1 aromatic rings. The first kappa shape index (κ1) is 15.4. The number of hydrogen-bond acceptors (Lipinski definition) is 3. The van der Waals surface area contributed by atoms with Crippen LogP contribution in [0.1, 0.15) is 12.8 Å². The molecule has 1 aliphatic rings. The van der Waals surface area contributed by atoms with Gasteiger partial charge in [0.25, 0.3) is 0 Å². The number of halogens is 3. The topological polar surface area (TPSA) is 62.4 Å². The summed E-state index contributed by atoms with van der Waals surface area (Å²) in [6.07, 6.45) is -2.61. The van der Waals surface area contributed by atoms with Gasteiger partial charge in [-0.05, 0) is 43.7 Å². The van der Waals surface area contributed by atoms with Crippen LogP contribution in [-0.2, 0) is 0 Å². The SMILES string of the molecule is O=C(NCC1CCCN1)Nc1ccc(OC(F)(F)F)cc1. The van der Waals surface area contributed by atoms with E-state index < -0.39 is 12.4 Å². The van der Waals surface area contributed by atoms with E-state index in [9.17, 15) is 18.0 Å². The van der Waals surface area contributed by atoms with Gasteiger partial charge in [-0.1, -0.05) is 0 Å². The lowest BCUT2D eigenvalue weighted by Gasteiger charge is -2.13. The Labute approximate surface area is 119 Å². The van der Waals surface area contributed by atoms with Gasteiger partial charge < -0.3 is 20.7 Å². The van der Waals surface area contributed by atoms with Gasteiger partial charge in [-0.3, -0.25) is 0 Å². The second kappa shape index (κ2) is 6.66. The van der Waals surface area contributed by atoms with Gasteiger partial charge in [0.05, 0.1) is 0 Å². The molecule has 21 heavy (non-hydrogen) atoms. The fourth-order valence-corrected chi connectivity index (χ4v) is 2.06. The summed E-state index contributed by atoms with van der Waals surface area (Å²) in [6, 6.07) is 4.85. The van der Waals surface area contributed by atoms with Gasteiger partial charge in [-0.15, -0.1) is 13.2 Å². The van der Waals surface area contributed by atoms with E-state index in [0.717, 1.165) is 31.5 Å². The van der Waals surface area contributed by atoms with Crippen molar-refractivity contribution in [2.45, 2.75) is 25.2 Å². The third kappa shape index (κ3) is 5.50. The van der Waals surface area contributed by atoms with Gasteiger partial charge in [0.2, 0.25) is 0 Å². The van der Waals surface area contributed by atoms with Crippen LogP contribution in [0.15, 0.2) is 24.3 Å². The fraction of sp³-hybridized carbons (Fsp3) is 0.462. The van der Waals surface area contributed by atoms with Crippen LogP contribution < -0.4 is 20.7 Å². The maximum absolute atomic E-state index is 12.0. The van der Waals surface area contributed by atoms with Gasteiger partial charge in [0.15, 0.2) is 0 Å². The van der Waals surface area contributed by atoms with Crippen LogP contribution in [0.5, 0.6) is 5.75 Å². The number of carbonyl (C=O) groups excluding carboxylic acids is 1. The van der Waals surface area contributed by atoms with Crippen molar-refractivity contribution in [3.63, 3.8) is 0 Å². The van der Waals surface area contributed by atoms with E-state index in [2.05, 4.69) is 20.7 Å². The smallest absolute Gasteiger partial charge is 0.406 e. The molecule has 3 N–H and O–H groups in total. The summed E-state index contributed by atoms with van der Waals surface area (Å²) >= 11 is 0. The number of ether oxygens (including phenoxy) is 1. The maximum Gasteiger partial charge on any atom is 0.573 e. The van der Waals surface area contributed by atoms with Crippen molar-refractivity contribution in [1.29, 1.82) is 0 Å². The van der Waals surface area contributed by atoms with Crippen LogP contribution in [0.25, 0.3) is 0 Å². The average Bonchev–Trinajstić information content (AvgIpc) is 2.90. The predicted octanol–water partition coefficient (Wildman–Crippen LogP) is 2.46. The van der Waals surface area contributed by atoms with Gasteiger partial charge in [0, 0.05) is 18.3 Å². The number of rotatable bonds is 4. The highest BCUT2D eigenvalue weighted by Gasteiger charge is 2.30. The van der Waals surface area contributed by atoms with Crippen molar-refractivity contribution >= 4 is 11.7 Å². The molecule has 2 rings (SSSR count). The van der Waals surface area contributed by atoms with E-state index in [4.69, 9.17) is 0 Å². The number of carbonyl (C=O) groups is 1. The molecule has 2 amide bonds. The lowest BCUT2D eigenvalue weighted by Crippen LogP contribution is -2.39. The average molecular weight is 303 g/mol. The van der Waals surface area contributed by atoms with E-state index in [1.54, 1.807) is 0 Å². The second-order valence-electron chi connectivity index (χ2n) is 4.70. The summed E-state index contributed by atoms with van der Waals surface area (Å²) in [6.45, 7) is 1.47. The standard InChI is InChI=1S/C13H16F3N3O2/c14-13(15,16)21-11-5-3-9(4-6-11)19-12(20)18-8-10-2-1-7-17-10/h3-6,10,17H,1-2,7-8H2,(H2,18,19,20). The first-order valence-electron chi connectivity index (χ1n) is 6.56. The zero-order valence-corrected chi connectivity index (χ0v) is 11.2. The van der Waals surface area contributed by atoms with Crippen molar-refractivity contribution in [3.05, 3.63) is 24.3 Å². The highest BCUT2D eigenvalue weighted by atomic mass is 19.4. The highest BCUT2D eigenvalue weighted by Crippen LogP contribution is 2.23. The molecule has 0 radical (unpaired) electrons. The Bertz CT molecular complexity index is 471. The van der Waals surface area contributed by atoms with Crippen LogP contribution in [0.4, 0.5) is 23.7 Å². The van der Waals surface area contributed by atoms with E-state index in [1.165, 1.54) is 12.1 Å². The van der Waals surface area contributed by atoms with Crippen molar-refractivity contribution in [2.75, 3.05) is 18.4 Å². The Kier molecular flexibility index (Phi) is 4.89. The first-order chi connectivity index (χ1) is 9.92. The highest BCUT2D eigenvalue weighted by molar-refractivity contribution is 5.89. The molecule has 1 atom stereocenters. The van der Waals surface area contributed by atoms with Crippen LogP contribution in [-0.4, -0.2) is 31.5 Å². The third-order valence-electron chi connectivity index (χ3n) is 3.02. The van der Waals surface area contributed by atoms with Crippen LogP contribution in [0, 0.1) is 0 Å². The molecule has 0 aromatic heterocycles. The summed E-state index contributed by atoms with van der Waals surface area (Å²) in [5.74, 6) is -0.330. The quantitative estimate of drug-likeness (QED) is 0.800. The van der Waals surface area contributed by atoms with Crippen molar-refractivity contribution in [2.24, 2.45) is 0 Å². The van der Waals surface area contributed by atoms with Crippen LogP contribution in [0.3, 0.4) is 0 Å². The van der Waals surface area contributed by atoms with Crippen LogP contribution in [0.2, 0.25) is 0 Å². The summed E-state index contributed by atoms with van der Waals surface area (Å²) < 4.78 is 39.7. The lowest BCUT2D eigenvalue weighted by atomic mass is 10.2. The van der Waals surface area contributed by atoms with Gasteiger partial charge in [-0.2, -0.15) is 0 Å². The largest absolute Gasteiger partial charge is 0.573 e. The number of anilines is 1. The Hall–Kier alpha value is -1.96. The molecule has 1 unspecified atom stereocenters. The number of hydrogen-bond donors (Lipinski definition) is 3. The fourth-order valence-electron chi connectivity index (χ4n) is 2.06. The molecule has 0 aliphatic carbocycles. The van der Waals surface area contributed by atoms with Gasteiger partial charge >= 0.3 is 12.4 Å². The molecule has 1 aromatic carbocycles. The monoisotopic (exact) mass is 303 g/mol. The van der Waals surface area contributed by atoms with Crippen LogP contribution >= 0.6 is 0 Å². The van der Waals surface area contributed by atoms with Crippen molar-refractivity contribution < 1.29 is 22.7 Å². The minimum atomic E-state index is -4.72. The maximum atomic E-state index is 12.0. The molecule has 8 heteroatoms. The number of alkyl halides is 3. The van der Waals surface area contributed by atoms with Gasteiger partial charge in [-0.25, -0.2) is 4.79 Å². The number of urea groups is 1. The number of amides is 2. The zero-order chi connectivity index (χ0) is 15.3. The molecule has 0 bridgehead atoms. The molecule has 0 spiro atoms. The summed E-state index contributed by atoms with van der Waals surface area (Å²) in [5.41, 5.74) is 0.390. The molecule has 1 fully saturated rings. The lowest BCUT2D eigenvalue weighted by molar-refractivity contribution is -0.274. The Morgan fingerprint density at radius 3 is 2.62 bits per heavy atom. The minimum absolute atomic E-state index is 0.276. The molecule has 1 aliphatic heterocycles. The van der Waals surface area contributed by atoms with E-state index in [1.807, 2.05) is 0 Å². The molecule has 116 valence electrons. The molecular weight excluding hydrogens is 287 g/mol. The van der Waals surface area contributed by atoms with Crippen molar-refractivity contribution in [3.8, 4) is 5.75 Å². The molecule has 1 heterocycles. The molecule has 1 saturated heterocycles. The summed E-state index contributed by atoms with van der Waals surface area (Å²) in [5, 5.41) is 8.48. The number of benzene rings is 1. The zero-order valence-electron chi connectivity index (χ0n) is 11.2. The summed E-state index contributed by atoms with van der Waals surface area (Å²) in [7, 11) is 0. The van der Waals surface area contributed by atoms with Gasteiger partial charge in [0.1, 0.15) is 5.75 Å². The summed E-state index contributed by atoms with van der Waals surface area (Å²) in [4.78, 5) is 11.6. The van der Waals surface area contributed by atoms with E-state index in [-0.39, 0.29) is 11.8 Å². The molecule has 0 saturated carbocycles. The Morgan fingerprint density at radius 2 is 2.05 bits per heavy atom. The third-order valence-corrected chi connectivity index (χ3v) is 3.02. The van der Waals surface area contributed by atoms with Crippen molar-refractivity contribution in [1.82, 2.24) is 10.6 Å². The second-order valence-corrected chi connectivity index (χ2v) is 4.70. The number of nitrogens with one attached hydrogen (secondary N) is 3. The molecular formula is C13H16F3N3O2. The minimum Gasteiger partial charge on any atom is -0.406 e. The predicted molar refractivity (Wildman–Crippen MR) is 71.2 cm³/mol. The molecule has 5 nitrogen and oxygen atoms in total. The first-order valence-corrected chi connectivity index (χ1v) is 6.56. The Balaban J connectivity index is 1.78. The van der Waals surface area contributed by atoms with E-state index >= 15 is 0 Å². The van der Waals surface area contributed by atoms with E-state index in [0.29, 0.717) is 12.2 Å².